The molecule has 162 valence electrons. The van der Waals surface area contributed by atoms with Crippen molar-refractivity contribution in [2.24, 2.45) is 0 Å². The van der Waals surface area contributed by atoms with Crippen molar-refractivity contribution in [1.82, 2.24) is 20.2 Å². The quantitative estimate of drug-likeness (QED) is 0.349. The van der Waals surface area contributed by atoms with E-state index in [1.165, 1.54) is 18.9 Å². The Kier molecular flexibility index (Phi) is 5.53. The molecule has 8 heteroatoms. The molecule has 0 saturated heterocycles. The summed E-state index contributed by atoms with van der Waals surface area (Å²) in [6.07, 6.45) is 3.38. The molecule has 1 atom stereocenters. The topological polar surface area (TPSA) is 84.4 Å². The molecule has 2 heterocycles. The van der Waals surface area contributed by atoms with Crippen LogP contribution in [0.4, 0.5) is 4.79 Å². The maximum Gasteiger partial charge on any atom is 0.338 e. The molecule has 1 N–H and O–H groups in total. The van der Waals surface area contributed by atoms with Crippen LogP contribution in [0.25, 0.3) is 10.9 Å². The van der Waals surface area contributed by atoms with Gasteiger partial charge in [0.2, 0.25) is 0 Å². The zero-order valence-electron chi connectivity index (χ0n) is 17.5. The summed E-state index contributed by atoms with van der Waals surface area (Å²) in [5.41, 5.74) is 2.85. The van der Waals surface area contributed by atoms with Crippen molar-refractivity contribution in [1.29, 1.82) is 0 Å². The van der Waals surface area contributed by atoms with E-state index < -0.39 is 12.0 Å². The lowest BCUT2D eigenvalue weighted by molar-refractivity contribution is -0.136. The number of para-hydroxylation sites is 1. The molecule has 1 saturated carbocycles. The van der Waals surface area contributed by atoms with E-state index >= 15 is 0 Å². The van der Waals surface area contributed by atoms with Gasteiger partial charge in [-0.05, 0) is 24.5 Å². The molecule has 1 aromatic heterocycles. The molecular weight excluding hydrogens is 424 g/mol. The van der Waals surface area contributed by atoms with E-state index in [1.807, 2.05) is 54.6 Å². The van der Waals surface area contributed by atoms with Gasteiger partial charge in [-0.3, -0.25) is 4.90 Å². The van der Waals surface area contributed by atoms with Crippen LogP contribution in [0, 0.1) is 0 Å². The van der Waals surface area contributed by atoms with Crippen LogP contribution >= 0.6 is 11.8 Å². The molecule has 5 rings (SSSR count). The van der Waals surface area contributed by atoms with Crippen molar-refractivity contribution >= 4 is 34.7 Å². The summed E-state index contributed by atoms with van der Waals surface area (Å²) in [4.78, 5) is 36.7. The summed E-state index contributed by atoms with van der Waals surface area (Å²) in [7, 11) is 1.37. The van der Waals surface area contributed by atoms with E-state index in [4.69, 9.17) is 4.74 Å². The van der Waals surface area contributed by atoms with Crippen molar-refractivity contribution in [2.75, 3.05) is 12.9 Å². The van der Waals surface area contributed by atoms with Gasteiger partial charge >= 0.3 is 12.0 Å². The molecule has 1 aliphatic carbocycles. The summed E-state index contributed by atoms with van der Waals surface area (Å²) in [5, 5.41) is 4.77. The van der Waals surface area contributed by atoms with Crippen LogP contribution in [0.15, 0.2) is 77.2 Å². The first-order chi connectivity index (χ1) is 15.7. The lowest BCUT2D eigenvalue weighted by Gasteiger charge is -2.36. The largest absolute Gasteiger partial charge is 0.466 e. The number of hydrogen-bond donors (Lipinski definition) is 1. The number of hydrogen-bond acceptors (Lipinski definition) is 6. The molecule has 1 aliphatic heterocycles. The molecule has 7 nitrogen and oxygen atoms in total. The van der Waals surface area contributed by atoms with E-state index in [-0.39, 0.29) is 12.1 Å². The van der Waals surface area contributed by atoms with E-state index in [9.17, 15) is 9.59 Å². The van der Waals surface area contributed by atoms with Gasteiger partial charge in [-0.15, -0.1) is 0 Å². The van der Waals surface area contributed by atoms with Gasteiger partial charge in [0.1, 0.15) is 11.4 Å². The number of aromatic nitrogens is 2. The number of carbonyl (C=O) groups is 2. The monoisotopic (exact) mass is 446 g/mol. The first kappa shape index (κ1) is 20.5. The van der Waals surface area contributed by atoms with Crippen LogP contribution in [0.1, 0.15) is 24.4 Å². The smallest absolute Gasteiger partial charge is 0.338 e. The molecule has 1 fully saturated rings. The van der Waals surface area contributed by atoms with Gasteiger partial charge in [0.15, 0.2) is 0 Å². The molecule has 2 aliphatic rings. The van der Waals surface area contributed by atoms with Crippen LogP contribution < -0.4 is 5.32 Å². The summed E-state index contributed by atoms with van der Waals surface area (Å²) < 4.78 is 5.17. The Morgan fingerprint density at radius 3 is 2.62 bits per heavy atom. The number of fused-ring (bicyclic) bond motifs is 1. The first-order valence-electron chi connectivity index (χ1n) is 10.5. The van der Waals surface area contributed by atoms with E-state index in [2.05, 4.69) is 15.3 Å². The number of thioether (sulfide) groups is 1. The van der Waals surface area contributed by atoms with Gasteiger partial charge in [-0.1, -0.05) is 60.3 Å². The number of rotatable bonds is 6. The number of esters is 1. The predicted molar refractivity (Wildman–Crippen MR) is 122 cm³/mol. The Labute approximate surface area is 189 Å². The van der Waals surface area contributed by atoms with Crippen LogP contribution in [0.2, 0.25) is 0 Å². The number of methoxy groups -OCH3 is 1. The highest BCUT2D eigenvalue weighted by Gasteiger charge is 2.43. The number of carbonyl (C=O) groups excluding carboxylic acids is 2. The predicted octanol–water partition coefficient (Wildman–Crippen LogP) is 4.08. The van der Waals surface area contributed by atoms with E-state index in [1.54, 1.807) is 11.2 Å². The molecular formula is C24H22N4O3S. The average molecular weight is 447 g/mol. The Morgan fingerprint density at radius 2 is 1.88 bits per heavy atom. The fourth-order valence-corrected chi connectivity index (χ4v) is 5.04. The van der Waals surface area contributed by atoms with E-state index in [0.717, 1.165) is 34.3 Å². The molecule has 0 spiro atoms. The Morgan fingerprint density at radius 1 is 1.12 bits per heavy atom. The van der Waals surface area contributed by atoms with Crippen molar-refractivity contribution < 1.29 is 14.3 Å². The van der Waals surface area contributed by atoms with Gasteiger partial charge in [0.05, 0.1) is 24.2 Å². The third-order valence-electron chi connectivity index (χ3n) is 5.68. The van der Waals surface area contributed by atoms with Crippen LogP contribution in [0.3, 0.4) is 0 Å². The second kappa shape index (κ2) is 8.63. The molecule has 3 aromatic rings. The fourth-order valence-electron chi connectivity index (χ4n) is 4.02. The third-order valence-corrected chi connectivity index (χ3v) is 6.70. The Bertz CT molecular complexity index is 1200. The molecule has 2 amide bonds. The minimum Gasteiger partial charge on any atom is -0.466 e. The van der Waals surface area contributed by atoms with Crippen molar-refractivity contribution in [3.63, 3.8) is 0 Å². The maximum atomic E-state index is 13.1. The number of urea groups is 1. The van der Waals surface area contributed by atoms with Gasteiger partial charge in [0, 0.05) is 22.9 Å². The summed E-state index contributed by atoms with van der Waals surface area (Å²) in [5.74, 6) is -0.0220. The number of ether oxygens (including phenoxy) is 1. The number of nitrogens with zero attached hydrogens (tertiary/aromatic N) is 3. The standard InChI is InChI=1S/C24H22N4O3S/c1-31-23(29)20-19(13-32-22-17-9-5-6-10-18(17)25-14-26-22)28(16-11-12-16)24(30)27-21(20)15-7-3-2-4-8-15/h2-10,14,16,21H,11-13H2,1H3,(H,27,30). The second-order valence-corrected chi connectivity index (χ2v) is 8.70. The summed E-state index contributed by atoms with van der Waals surface area (Å²) in [6.45, 7) is 0. The molecule has 32 heavy (non-hydrogen) atoms. The minimum absolute atomic E-state index is 0.101. The first-order valence-corrected chi connectivity index (χ1v) is 11.4. The van der Waals surface area contributed by atoms with Crippen molar-refractivity contribution in [3.8, 4) is 0 Å². The van der Waals surface area contributed by atoms with E-state index in [0.29, 0.717) is 17.0 Å². The lowest BCUT2D eigenvalue weighted by atomic mass is 9.95. The fraction of sp³-hybridized carbons (Fsp3) is 0.250. The number of nitrogens with one attached hydrogen (secondary N) is 1. The van der Waals surface area contributed by atoms with Gasteiger partial charge < -0.3 is 10.1 Å². The van der Waals surface area contributed by atoms with Gasteiger partial charge in [-0.25, -0.2) is 19.6 Å². The van der Waals surface area contributed by atoms with Gasteiger partial charge in [0.25, 0.3) is 0 Å². The van der Waals surface area contributed by atoms with Crippen molar-refractivity contribution in [2.45, 2.75) is 30.0 Å². The van der Waals surface area contributed by atoms with Crippen molar-refractivity contribution in [3.05, 3.63) is 77.8 Å². The molecule has 0 radical (unpaired) electrons. The Hall–Kier alpha value is -3.39. The highest BCUT2D eigenvalue weighted by atomic mass is 32.2. The highest BCUT2D eigenvalue weighted by Crippen LogP contribution is 2.40. The zero-order valence-corrected chi connectivity index (χ0v) is 18.3. The number of amides is 2. The zero-order chi connectivity index (χ0) is 22.1. The maximum absolute atomic E-state index is 13.1. The minimum atomic E-state index is -0.566. The van der Waals surface area contributed by atoms with Crippen LogP contribution in [-0.4, -0.2) is 45.8 Å². The Balaban J connectivity index is 1.58. The molecule has 0 bridgehead atoms. The van der Waals surface area contributed by atoms with Crippen LogP contribution in [0.5, 0.6) is 0 Å². The van der Waals surface area contributed by atoms with Gasteiger partial charge in [-0.2, -0.15) is 0 Å². The highest BCUT2D eigenvalue weighted by molar-refractivity contribution is 7.99. The second-order valence-electron chi connectivity index (χ2n) is 7.73. The number of benzene rings is 2. The molecule has 1 unspecified atom stereocenters. The SMILES string of the molecule is COC(=O)C1=C(CSc2ncnc3ccccc23)N(C2CC2)C(=O)NC1c1ccccc1. The summed E-state index contributed by atoms with van der Waals surface area (Å²) in [6, 6.07) is 16.7. The summed E-state index contributed by atoms with van der Waals surface area (Å²) >= 11 is 1.50. The lowest BCUT2D eigenvalue weighted by Crippen LogP contribution is -2.50. The third kappa shape index (κ3) is 3.82. The van der Waals surface area contributed by atoms with Crippen LogP contribution in [-0.2, 0) is 9.53 Å². The molecule has 2 aromatic carbocycles. The average Bonchev–Trinajstić information content (AvgIpc) is 3.67. The normalized spacial score (nSPS) is 18.6.